The number of hydrogen-bond acceptors (Lipinski definition) is 4. The Hall–Kier alpha value is -2.47. The second-order valence-corrected chi connectivity index (χ2v) is 7.44. The predicted molar refractivity (Wildman–Crippen MR) is 101 cm³/mol. The highest BCUT2D eigenvalue weighted by atomic mass is 16.5. The van der Waals surface area contributed by atoms with Gasteiger partial charge < -0.3 is 9.64 Å². The number of benzene rings is 1. The molecular weight excluding hydrogens is 342 g/mol. The Morgan fingerprint density at radius 2 is 2.04 bits per heavy atom. The molecule has 1 spiro atoms. The monoisotopic (exact) mass is 367 g/mol. The maximum atomic E-state index is 13.6. The second kappa shape index (κ2) is 7.27. The molecule has 1 aliphatic carbocycles. The van der Waals surface area contributed by atoms with Gasteiger partial charge in [0.1, 0.15) is 6.33 Å². The van der Waals surface area contributed by atoms with Gasteiger partial charge >= 0.3 is 0 Å². The predicted octanol–water partition coefficient (Wildman–Crippen LogP) is 3.11. The molecule has 0 saturated heterocycles. The number of hydrogen-bond donors (Lipinski definition) is 0. The van der Waals surface area contributed by atoms with E-state index < -0.39 is 11.5 Å². The molecule has 4 rings (SSSR count). The lowest BCUT2D eigenvalue weighted by molar-refractivity contribution is 0.00388. The zero-order valence-corrected chi connectivity index (χ0v) is 15.6. The first-order valence-corrected chi connectivity index (χ1v) is 9.61. The topological polar surface area (TPSA) is 64.4 Å². The molecular formula is C21H25N3O3. The number of aromatic nitrogens is 2. The van der Waals surface area contributed by atoms with Gasteiger partial charge in [-0.2, -0.15) is 0 Å². The van der Waals surface area contributed by atoms with E-state index in [4.69, 9.17) is 4.74 Å². The molecule has 1 aromatic heterocycles. The van der Waals surface area contributed by atoms with Crippen molar-refractivity contribution in [2.75, 3.05) is 20.3 Å². The fourth-order valence-electron chi connectivity index (χ4n) is 4.87. The van der Waals surface area contributed by atoms with Crippen molar-refractivity contribution in [1.29, 1.82) is 0 Å². The summed E-state index contributed by atoms with van der Waals surface area (Å²) in [6.07, 6.45) is 9.72. The van der Waals surface area contributed by atoms with Gasteiger partial charge in [0, 0.05) is 31.6 Å². The van der Waals surface area contributed by atoms with Crippen LogP contribution < -0.4 is 0 Å². The van der Waals surface area contributed by atoms with Crippen molar-refractivity contribution in [2.24, 2.45) is 0 Å². The van der Waals surface area contributed by atoms with Crippen molar-refractivity contribution in [2.45, 2.75) is 43.6 Å². The van der Waals surface area contributed by atoms with E-state index in [-0.39, 0.29) is 11.8 Å². The minimum atomic E-state index is -0.496. The average molecular weight is 367 g/mol. The van der Waals surface area contributed by atoms with Gasteiger partial charge in [-0.05, 0) is 24.5 Å². The van der Waals surface area contributed by atoms with E-state index in [1.807, 2.05) is 29.2 Å². The number of ether oxygens (including phenoxy) is 1. The number of methoxy groups -OCH3 is 1. The number of carbonyl (C=O) groups excluding carboxylic acids is 2. The molecule has 2 aromatic rings. The lowest BCUT2D eigenvalue weighted by atomic mass is 9.65. The molecule has 142 valence electrons. The van der Waals surface area contributed by atoms with E-state index in [0.717, 1.165) is 37.7 Å². The minimum Gasteiger partial charge on any atom is -0.383 e. The summed E-state index contributed by atoms with van der Waals surface area (Å²) < 4.78 is 6.85. The van der Waals surface area contributed by atoms with E-state index in [0.29, 0.717) is 18.7 Å². The average Bonchev–Trinajstić information content (AvgIpc) is 3.23. The van der Waals surface area contributed by atoms with Crippen LogP contribution in [0.5, 0.6) is 0 Å². The minimum absolute atomic E-state index is 0.0132. The molecule has 0 bridgehead atoms. The largest absolute Gasteiger partial charge is 0.383 e. The van der Waals surface area contributed by atoms with Crippen LogP contribution in [0.25, 0.3) is 0 Å². The van der Waals surface area contributed by atoms with E-state index >= 15 is 0 Å². The van der Waals surface area contributed by atoms with Gasteiger partial charge in [0.2, 0.25) is 5.91 Å². The highest BCUT2D eigenvalue weighted by Crippen LogP contribution is 2.49. The van der Waals surface area contributed by atoms with Crippen molar-refractivity contribution in [3.8, 4) is 0 Å². The second-order valence-electron chi connectivity index (χ2n) is 7.44. The zero-order chi connectivity index (χ0) is 18.9. The Balaban J connectivity index is 1.89. The summed E-state index contributed by atoms with van der Waals surface area (Å²) in [4.78, 5) is 32.9. The summed E-state index contributed by atoms with van der Waals surface area (Å²) >= 11 is 0. The fraction of sp³-hybridized carbons (Fsp3) is 0.476. The van der Waals surface area contributed by atoms with Crippen molar-refractivity contribution in [3.05, 3.63) is 54.1 Å². The van der Waals surface area contributed by atoms with Crippen LogP contribution in [0.3, 0.4) is 0 Å². The van der Waals surface area contributed by atoms with Crippen LogP contribution in [0, 0.1) is 0 Å². The Bertz CT molecular complexity index is 825. The third-order valence-electron chi connectivity index (χ3n) is 6.07. The highest BCUT2D eigenvalue weighted by Gasteiger charge is 2.54. The van der Waals surface area contributed by atoms with E-state index in [1.165, 1.54) is 0 Å². The number of amides is 1. The lowest BCUT2D eigenvalue weighted by Crippen LogP contribution is -2.62. The maximum absolute atomic E-state index is 13.6. The summed E-state index contributed by atoms with van der Waals surface area (Å²) in [5.41, 5.74) is 0.976. The SMILES string of the molecule is COCCN1C(=O)c2ccccc2[C@H](C(=O)n2ccnc2)C12CCCCC2. The van der Waals surface area contributed by atoms with Crippen LogP contribution in [-0.2, 0) is 4.74 Å². The summed E-state index contributed by atoms with van der Waals surface area (Å²) in [6, 6.07) is 7.56. The highest BCUT2D eigenvalue weighted by molar-refractivity contribution is 6.02. The number of rotatable bonds is 4. The fourth-order valence-corrected chi connectivity index (χ4v) is 4.87. The number of fused-ring (bicyclic) bond motifs is 1. The molecule has 1 aromatic carbocycles. The van der Waals surface area contributed by atoms with Crippen molar-refractivity contribution < 1.29 is 14.3 Å². The van der Waals surface area contributed by atoms with Gasteiger partial charge in [0.05, 0.1) is 18.1 Å². The Morgan fingerprint density at radius 3 is 2.74 bits per heavy atom. The molecule has 1 saturated carbocycles. The van der Waals surface area contributed by atoms with Crippen LogP contribution in [0.4, 0.5) is 0 Å². The van der Waals surface area contributed by atoms with Crippen LogP contribution in [0.2, 0.25) is 0 Å². The molecule has 0 unspecified atom stereocenters. The van der Waals surface area contributed by atoms with Gasteiger partial charge in [-0.15, -0.1) is 0 Å². The van der Waals surface area contributed by atoms with Gasteiger partial charge in [-0.25, -0.2) is 4.98 Å². The van der Waals surface area contributed by atoms with Crippen molar-refractivity contribution in [1.82, 2.24) is 14.5 Å². The quantitative estimate of drug-likeness (QED) is 0.833. The van der Waals surface area contributed by atoms with Gasteiger partial charge in [-0.1, -0.05) is 37.5 Å². The summed E-state index contributed by atoms with van der Waals surface area (Å²) in [5.74, 6) is -0.395. The van der Waals surface area contributed by atoms with Crippen LogP contribution in [-0.4, -0.2) is 52.1 Å². The molecule has 0 N–H and O–H groups in total. The maximum Gasteiger partial charge on any atom is 0.254 e. The molecule has 0 radical (unpaired) electrons. The molecule has 6 heteroatoms. The first-order chi connectivity index (χ1) is 13.2. The standard InChI is InChI=1S/C21H25N3O3/c1-27-14-13-24-19(25)17-8-4-3-7-16(17)18(20(26)23-12-11-22-15-23)21(24)9-5-2-6-10-21/h3-4,7-8,11-12,15,18H,2,5-6,9-10,13-14H2,1H3/t18-/m1/s1. The molecule has 2 aliphatic rings. The first kappa shape index (κ1) is 17.9. The van der Waals surface area contributed by atoms with E-state index in [9.17, 15) is 9.59 Å². The normalized spacial score (nSPS) is 21.3. The third-order valence-corrected chi connectivity index (χ3v) is 6.07. The van der Waals surface area contributed by atoms with Crippen molar-refractivity contribution in [3.63, 3.8) is 0 Å². The number of imidazole rings is 1. The van der Waals surface area contributed by atoms with E-state index in [1.54, 1.807) is 30.4 Å². The summed E-state index contributed by atoms with van der Waals surface area (Å²) in [5, 5.41) is 0. The summed E-state index contributed by atoms with van der Waals surface area (Å²) in [7, 11) is 1.64. The van der Waals surface area contributed by atoms with Gasteiger partial charge in [0.15, 0.2) is 0 Å². The summed E-state index contributed by atoms with van der Waals surface area (Å²) in [6.45, 7) is 0.957. The van der Waals surface area contributed by atoms with Crippen LogP contribution >= 0.6 is 0 Å². The molecule has 1 amide bonds. The molecule has 1 aliphatic heterocycles. The Kier molecular flexibility index (Phi) is 4.83. The molecule has 27 heavy (non-hydrogen) atoms. The van der Waals surface area contributed by atoms with Crippen molar-refractivity contribution >= 4 is 11.8 Å². The molecule has 1 fully saturated rings. The van der Waals surface area contributed by atoms with Crippen LogP contribution in [0.1, 0.15) is 58.7 Å². The van der Waals surface area contributed by atoms with Gasteiger partial charge in [0.25, 0.3) is 5.91 Å². The van der Waals surface area contributed by atoms with Crippen LogP contribution in [0.15, 0.2) is 43.0 Å². The smallest absolute Gasteiger partial charge is 0.254 e. The molecule has 2 heterocycles. The zero-order valence-electron chi connectivity index (χ0n) is 15.6. The number of nitrogens with zero attached hydrogens (tertiary/aromatic N) is 3. The van der Waals surface area contributed by atoms with E-state index in [2.05, 4.69) is 4.98 Å². The molecule has 1 atom stereocenters. The first-order valence-electron chi connectivity index (χ1n) is 9.61. The Labute approximate surface area is 159 Å². The molecule has 6 nitrogen and oxygen atoms in total. The third kappa shape index (κ3) is 2.88. The lowest BCUT2D eigenvalue weighted by Gasteiger charge is -2.53. The Morgan fingerprint density at radius 1 is 1.26 bits per heavy atom. The van der Waals surface area contributed by atoms with Gasteiger partial charge in [-0.3, -0.25) is 14.2 Å². The number of carbonyl (C=O) groups is 2.